The van der Waals surface area contributed by atoms with E-state index in [0.717, 1.165) is 0 Å². The van der Waals surface area contributed by atoms with Crippen molar-refractivity contribution in [2.75, 3.05) is 0 Å². The zero-order chi connectivity index (χ0) is 12.4. The van der Waals surface area contributed by atoms with Gasteiger partial charge in [-0.3, -0.25) is 0 Å². The van der Waals surface area contributed by atoms with Crippen LogP contribution in [0.3, 0.4) is 0 Å². The first-order valence-corrected chi connectivity index (χ1v) is 5.58. The van der Waals surface area contributed by atoms with Crippen LogP contribution in [0.25, 0.3) is 0 Å². The van der Waals surface area contributed by atoms with E-state index in [1.807, 2.05) is 0 Å². The molecule has 1 heterocycles. The van der Waals surface area contributed by atoms with Crippen LogP contribution in [0.1, 0.15) is 17.2 Å². The van der Waals surface area contributed by atoms with Crippen molar-refractivity contribution in [2.45, 2.75) is 6.10 Å². The number of halogens is 3. The molecule has 1 atom stereocenters. The lowest BCUT2D eigenvalue weighted by molar-refractivity contribution is 0.220. The summed E-state index contributed by atoms with van der Waals surface area (Å²) in [5.41, 5.74) is 0.812. The Balaban J connectivity index is 2.43. The first kappa shape index (κ1) is 12.3. The predicted octanol–water partition coefficient (Wildman–Crippen LogP) is 3.61. The summed E-state index contributed by atoms with van der Waals surface area (Å²) in [6.07, 6.45) is 0.437. The van der Waals surface area contributed by atoms with E-state index in [0.29, 0.717) is 16.1 Å². The molecule has 0 fully saturated rings. The molecule has 0 aliphatic heterocycles. The van der Waals surface area contributed by atoms with Gasteiger partial charge in [-0.15, -0.1) is 0 Å². The Hall–Kier alpha value is -1.16. The van der Waals surface area contributed by atoms with Crippen LogP contribution in [0.2, 0.25) is 10.2 Å². The van der Waals surface area contributed by atoms with Gasteiger partial charge in [-0.25, -0.2) is 9.37 Å². The van der Waals surface area contributed by atoms with Crippen molar-refractivity contribution in [2.24, 2.45) is 0 Å². The molecular weight excluding hydrogens is 264 g/mol. The minimum atomic E-state index is -1.03. The molecule has 88 valence electrons. The van der Waals surface area contributed by atoms with Crippen LogP contribution in [0, 0.1) is 5.82 Å². The van der Waals surface area contributed by atoms with E-state index < -0.39 is 11.9 Å². The van der Waals surface area contributed by atoms with Gasteiger partial charge in [0.05, 0.1) is 0 Å². The molecule has 0 aliphatic carbocycles. The van der Waals surface area contributed by atoms with E-state index in [1.54, 1.807) is 6.07 Å². The Bertz CT molecular complexity index is 548. The molecule has 2 nitrogen and oxygen atoms in total. The van der Waals surface area contributed by atoms with Gasteiger partial charge < -0.3 is 5.11 Å². The zero-order valence-electron chi connectivity index (χ0n) is 8.57. The van der Waals surface area contributed by atoms with Gasteiger partial charge in [-0.05, 0) is 35.9 Å². The van der Waals surface area contributed by atoms with Gasteiger partial charge in [0.15, 0.2) is 0 Å². The first-order chi connectivity index (χ1) is 8.08. The standard InChI is InChI=1S/C12H8Cl2FNO/c13-10-2-1-8(15)6-9(10)12(17)7-3-4-16-11(14)5-7/h1-6,12,17H. The Morgan fingerprint density at radius 2 is 1.94 bits per heavy atom. The van der Waals surface area contributed by atoms with Gasteiger partial charge in [0.1, 0.15) is 17.1 Å². The topological polar surface area (TPSA) is 33.1 Å². The van der Waals surface area contributed by atoms with E-state index in [2.05, 4.69) is 4.98 Å². The molecule has 0 bridgehead atoms. The normalized spacial score (nSPS) is 12.5. The minimum absolute atomic E-state index is 0.258. The summed E-state index contributed by atoms with van der Waals surface area (Å²) < 4.78 is 13.1. The molecule has 5 heteroatoms. The number of aliphatic hydroxyl groups excluding tert-OH is 1. The number of aromatic nitrogens is 1. The highest BCUT2D eigenvalue weighted by Crippen LogP contribution is 2.29. The highest BCUT2D eigenvalue weighted by Gasteiger charge is 2.15. The van der Waals surface area contributed by atoms with Crippen molar-refractivity contribution < 1.29 is 9.50 Å². The Kier molecular flexibility index (Phi) is 3.62. The smallest absolute Gasteiger partial charge is 0.129 e. The fourth-order valence-electron chi connectivity index (χ4n) is 1.49. The van der Waals surface area contributed by atoms with Gasteiger partial charge >= 0.3 is 0 Å². The van der Waals surface area contributed by atoms with E-state index in [9.17, 15) is 9.50 Å². The largest absolute Gasteiger partial charge is 0.384 e. The van der Waals surface area contributed by atoms with E-state index >= 15 is 0 Å². The summed E-state index contributed by atoms with van der Waals surface area (Å²) >= 11 is 11.6. The van der Waals surface area contributed by atoms with E-state index in [4.69, 9.17) is 23.2 Å². The second-order valence-corrected chi connectivity index (χ2v) is 4.27. The Morgan fingerprint density at radius 1 is 1.18 bits per heavy atom. The molecule has 0 radical (unpaired) electrons. The summed E-state index contributed by atoms with van der Waals surface area (Å²) in [5, 5.41) is 10.6. The highest BCUT2D eigenvalue weighted by molar-refractivity contribution is 6.31. The van der Waals surface area contributed by atoms with Crippen LogP contribution < -0.4 is 0 Å². The summed E-state index contributed by atoms with van der Waals surface area (Å²) in [6.45, 7) is 0. The third-order valence-electron chi connectivity index (χ3n) is 2.32. The summed E-state index contributed by atoms with van der Waals surface area (Å²) in [7, 11) is 0. The molecule has 1 unspecified atom stereocenters. The molecule has 1 aromatic carbocycles. The van der Waals surface area contributed by atoms with Crippen molar-refractivity contribution in [1.82, 2.24) is 4.98 Å². The molecule has 0 saturated carbocycles. The maximum absolute atomic E-state index is 13.1. The first-order valence-electron chi connectivity index (χ1n) is 4.82. The van der Waals surface area contributed by atoms with Crippen molar-refractivity contribution >= 4 is 23.2 Å². The molecule has 0 saturated heterocycles. The minimum Gasteiger partial charge on any atom is -0.384 e. The molecular formula is C12H8Cl2FNO. The van der Waals surface area contributed by atoms with Gasteiger partial charge in [-0.1, -0.05) is 23.2 Å². The number of hydrogen-bond donors (Lipinski definition) is 1. The molecule has 17 heavy (non-hydrogen) atoms. The fourth-order valence-corrected chi connectivity index (χ4v) is 1.89. The van der Waals surface area contributed by atoms with Crippen molar-refractivity contribution in [3.8, 4) is 0 Å². The van der Waals surface area contributed by atoms with Gasteiger partial charge in [0, 0.05) is 16.8 Å². The molecule has 2 rings (SSSR count). The van der Waals surface area contributed by atoms with Crippen LogP contribution in [-0.2, 0) is 0 Å². The maximum Gasteiger partial charge on any atom is 0.129 e. The third-order valence-corrected chi connectivity index (χ3v) is 2.87. The molecule has 1 aromatic heterocycles. The lowest BCUT2D eigenvalue weighted by Crippen LogP contribution is -2.01. The molecule has 0 spiro atoms. The fraction of sp³-hybridized carbons (Fsp3) is 0.0833. The van der Waals surface area contributed by atoms with Crippen molar-refractivity contribution in [1.29, 1.82) is 0 Å². The maximum atomic E-state index is 13.1. The highest BCUT2D eigenvalue weighted by atomic mass is 35.5. The lowest BCUT2D eigenvalue weighted by Gasteiger charge is -2.13. The summed E-state index contributed by atoms with van der Waals surface area (Å²) in [4.78, 5) is 3.80. The molecule has 2 aromatic rings. The summed E-state index contributed by atoms with van der Waals surface area (Å²) in [5.74, 6) is -0.455. The van der Waals surface area contributed by atoms with Gasteiger partial charge in [0.25, 0.3) is 0 Å². The van der Waals surface area contributed by atoms with Crippen LogP contribution in [0.15, 0.2) is 36.5 Å². The van der Waals surface area contributed by atoms with Crippen LogP contribution in [-0.4, -0.2) is 10.1 Å². The average Bonchev–Trinajstić information content (AvgIpc) is 2.31. The number of nitrogens with zero attached hydrogens (tertiary/aromatic N) is 1. The number of aliphatic hydroxyl groups is 1. The Morgan fingerprint density at radius 3 is 2.65 bits per heavy atom. The van der Waals surface area contributed by atoms with E-state index in [1.165, 1.54) is 30.5 Å². The second-order valence-electron chi connectivity index (χ2n) is 3.48. The number of rotatable bonds is 2. The zero-order valence-corrected chi connectivity index (χ0v) is 10.1. The van der Waals surface area contributed by atoms with Crippen LogP contribution in [0.5, 0.6) is 0 Å². The van der Waals surface area contributed by atoms with E-state index in [-0.39, 0.29) is 5.15 Å². The molecule has 0 aliphatic rings. The van der Waals surface area contributed by atoms with Crippen LogP contribution in [0.4, 0.5) is 4.39 Å². The third kappa shape index (κ3) is 2.75. The average molecular weight is 272 g/mol. The number of benzene rings is 1. The van der Waals surface area contributed by atoms with Crippen LogP contribution >= 0.6 is 23.2 Å². The number of hydrogen-bond acceptors (Lipinski definition) is 2. The summed E-state index contributed by atoms with van der Waals surface area (Å²) in [6, 6.07) is 6.93. The Labute approximate surface area is 108 Å². The monoisotopic (exact) mass is 271 g/mol. The molecule has 0 amide bonds. The van der Waals surface area contributed by atoms with Gasteiger partial charge in [0.2, 0.25) is 0 Å². The van der Waals surface area contributed by atoms with Crippen molar-refractivity contribution in [3.63, 3.8) is 0 Å². The number of pyridine rings is 1. The SMILES string of the molecule is OC(c1ccnc(Cl)c1)c1cc(F)ccc1Cl. The van der Waals surface area contributed by atoms with Crippen molar-refractivity contribution in [3.05, 3.63) is 63.6 Å². The molecule has 1 N–H and O–H groups in total. The predicted molar refractivity (Wildman–Crippen MR) is 64.7 cm³/mol. The lowest BCUT2D eigenvalue weighted by atomic mass is 10.0. The van der Waals surface area contributed by atoms with Gasteiger partial charge in [-0.2, -0.15) is 0 Å². The quantitative estimate of drug-likeness (QED) is 0.847. The second kappa shape index (κ2) is 5.00.